The highest BCUT2D eigenvalue weighted by Crippen LogP contribution is 2.29. The van der Waals surface area contributed by atoms with E-state index in [1.807, 2.05) is 30.3 Å². The van der Waals surface area contributed by atoms with Crippen molar-refractivity contribution in [1.82, 2.24) is 0 Å². The highest BCUT2D eigenvalue weighted by molar-refractivity contribution is 7.92. The number of anilines is 2. The van der Waals surface area contributed by atoms with E-state index in [9.17, 15) is 13.2 Å². The van der Waals surface area contributed by atoms with E-state index in [1.54, 1.807) is 60.5 Å². The van der Waals surface area contributed by atoms with Gasteiger partial charge >= 0.3 is 0 Å². The van der Waals surface area contributed by atoms with Crippen molar-refractivity contribution in [1.29, 1.82) is 0 Å². The molecule has 160 valence electrons. The van der Waals surface area contributed by atoms with Crippen LogP contribution < -0.4 is 13.9 Å². The smallest absolute Gasteiger partial charge is 0.264 e. The molecule has 0 radical (unpaired) electrons. The zero-order chi connectivity index (χ0) is 21.8. The lowest BCUT2D eigenvalue weighted by Gasteiger charge is -2.25. The van der Waals surface area contributed by atoms with Crippen LogP contribution in [0.15, 0.2) is 83.8 Å². The molecule has 0 bridgehead atoms. The van der Waals surface area contributed by atoms with E-state index in [0.717, 1.165) is 17.7 Å². The number of carbonyl (C=O) groups is 1. The first kappa shape index (κ1) is 20.9. The molecule has 7 heteroatoms. The van der Waals surface area contributed by atoms with E-state index in [4.69, 9.17) is 4.74 Å². The summed E-state index contributed by atoms with van der Waals surface area (Å²) in [5.41, 5.74) is 2.14. The first-order valence-corrected chi connectivity index (χ1v) is 11.5. The Labute approximate surface area is 182 Å². The van der Waals surface area contributed by atoms with E-state index >= 15 is 0 Å². The average molecular weight is 437 g/mol. The normalized spacial score (nSPS) is 14.0. The van der Waals surface area contributed by atoms with Crippen molar-refractivity contribution in [3.63, 3.8) is 0 Å². The number of sulfonamides is 1. The maximum absolute atomic E-state index is 13.6. The third-order valence-corrected chi connectivity index (χ3v) is 7.13. The molecule has 31 heavy (non-hydrogen) atoms. The molecule has 0 spiro atoms. The van der Waals surface area contributed by atoms with Crippen molar-refractivity contribution < 1.29 is 17.9 Å². The quantitative estimate of drug-likeness (QED) is 0.556. The monoisotopic (exact) mass is 436 g/mol. The summed E-state index contributed by atoms with van der Waals surface area (Å²) in [5.74, 6) is 0.722. The van der Waals surface area contributed by atoms with Crippen molar-refractivity contribution in [3.8, 4) is 5.75 Å². The van der Waals surface area contributed by atoms with Crippen molar-refractivity contribution in [3.05, 3.63) is 84.4 Å². The second-order valence-corrected chi connectivity index (χ2v) is 9.20. The summed E-state index contributed by atoms with van der Waals surface area (Å²) >= 11 is 0. The van der Waals surface area contributed by atoms with Crippen LogP contribution in [-0.2, 0) is 21.4 Å². The van der Waals surface area contributed by atoms with Crippen LogP contribution in [-0.4, -0.2) is 28.0 Å². The minimum absolute atomic E-state index is 0.0690. The summed E-state index contributed by atoms with van der Waals surface area (Å²) in [7, 11) is -2.27. The van der Waals surface area contributed by atoms with E-state index in [1.165, 1.54) is 4.31 Å². The Morgan fingerprint density at radius 3 is 2.19 bits per heavy atom. The summed E-state index contributed by atoms with van der Waals surface area (Å²) in [6.07, 6.45) is 1.35. The molecule has 1 heterocycles. The number of hydrogen-bond donors (Lipinski definition) is 0. The summed E-state index contributed by atoms with van der Waals surface area (Å²) < 4.78 is 33.8. The molecule has 6 nitrogen and oxygen atoms in total. The van der Waals surface area contributed by atoms with Gasteiger partial charge in [0.2, 0.25) is 5.91 Å². The van der Waals surface area contributed by atoms with Gasteiger partial charge in [-0.3, -0.25) is 9.10 Å². The van der Waals surface area contributed by atoms with Gasteiger partial charge in [-0.05, 0) is 60.5 Å². The van der Waals surface area contributed by atoms with Crippen molar-refractivity contribution in [2.45, 2.75) is 24.3 Å². The molecular formula is C24H24N2O4S. The number of ether oxygens (including phenoxy) is 1. The summed E-state index contributed by atoms with van der Waals surface area (Å²) in [6.45, 7) is 0.860. The maximum atomic E-state index is 13.6. The molecule has 0 aliphatic carbocycles. The molecule has 0 N–H and O–H groups in total. The average Bonchev–Trinajstić information content (AvgIpc) is 3.24. The predicted octanol–water partition coefficient (Wildman–Crippen LogP) is 4.22. The molecule has 0 unspecified atom stereocenters. The number of carbonyl (C=O) groups excluding carboxylic acids is 1. The minimum atomic E-state index is -3.84. The van der Waals surface area contributed by atoms with Crippen LogP contribution >= 0.6 is 0 Å². The molecule has 3 aromatic carbocycles. The number of benzene rings is 3. The Morgan fingerprint density at radius 1 is 0.935 bits per heavy atom. The van der Waals surface area contributed by atoms with Gasteiger partial charge in [-0.2, -0.15) is 0 Å². The molecule has 0 atom stereocenters. The van der Waals surface area contributed by atoms with Crippen LogP contribution in [0.25, 0.3) is 0 Å². The fourth-order valence-electron chi connectivity index (χ4n) is 3.66. The molecule has 1 saturated heterocycles. The first-order chi connectivity index (χ1) is 15.0. The molecule has 0 saturated carbocycles. The highest BCUT2D eigenvalue weighted by atomic mass is 32.2. The molecule has 1 aliphatic heterocycles. The minimum Gasteiger partial charge on any atom is -0.497 e. The number of rotatable bonds is 7. The van der Waals surface area contributed by atoms with Crippen LogP contribution in [0.3, 0.4) is 0 Å². The Morgan fingerprint density at radius 2 is 1.61 bits per heavy atom. The maximum Gasteiger partial charge on any atom is 0.264 e. The fourth-order valence-corrected chi connectivity index (χ4v) is 5.11. The Balaban J connectivity index is 1.69. The van der Waals surface area contributed by atoms with Crippen molar-refractivity contribution in [2.24, 2.45) is 0 Å². The lowest BCUT2D eigenvalue weighted by Crippen LogP contribution is -2.30. The topological polar surface area (TPSA) is 66.9 Å². The van der Waals surface area contributed by atoms with Crippen molar-refractivity contribution in [2.75, 3.05) is 22.9 Å². The van der Waals surface area contributed by atoms with Gasteiger partial charge in [0, 0.05) is 18.7 Å². The Hall–Kier alpha value is -3.32. The van der Waals surface area contributed by atoms with Crippen LogP contribution in [0.5, 0.6) is 5.75 Å². The van der Waals surface area contributed by atoms with Crippen LogP contribution in [0.1, 0.15) is 18.4 Å². The standard InChI is InChI=1S/C24H24N2O4S/c1-30-22-13-9-21(10-14-22)26(18-19-6-3-2-4-7-19)31(28,29)23-15-11-20(12-16-23)25-17-5-8-24(25)27/h2-4,6-7,9-16H,5,8,17-18H2,1H3. The molecule has 1 aliphatic rings. The number of amides is 1. The second-order valence-electron chi connectivity index (χ2n) is 7.34. The van der Waals surface area contributed by atoms with E-state index in [-0.39, 0.29) is 17.3 Å². The lowest BCUT2D eigenvalue weighted by atomic mass is 10.2. The molecule has 0 aromatic heterocycles. The molecule has 4 rings (SSSR count). The second kappa shape index (κ2) is 8.81. The molecule has 1 amide bonds. The van der Waals surface area contributed by atoms with E-state index in [2.05, 4.69) is 0 Å². The Kier molecular flexibility index (Phi) is 5.95. The summed E-state index contributed by atoms with van der Waals surface area (Å²) in [4.78, 5) is 13.9. The van der Waals surface area contributed by atoms with E-state index in [0.29, 0.717) is 24.4 Å². The summed E-state index contributed by atoms with van der Waals surface area (Å²) in [5, 5.41) is 0. The van der Waals surface area contributed by atoms with E-state index < -0.39 is 10.0 Å². The van der Waals surface area contributed by atoms with Gasteiger partial charge in [-0.15, -0.1) is 0 Å². The number of nitrogens with zero attached hydrogens (tertiary/aromatic N) is 2. The largest absolute Gasteiger partial charge is 0.497 e. The van der Waals surface area contributed by atoms with Gasteiger partial charge in [0.25, 0.3) is 10.0 Å². The highest BCUT2D eigenvalue weighted by Gasteiger charge is 2.27. The van der Waals surface area contributed by atoms with Gasteiger partial charge in [0.1, 0.15) is 5.75 Å². The van der Waals surface area contributed by atoms with Gasteiger partial charge in [-0.25, -0.2) is 8.42 Å². The lowest BCUT2D eigenvalue weighted by molar-refractivity contribution is -0.117. The van der Waals surface area contributed by atoms with Crippen LogP contribution in [0.4, 0.5) is 11.4 Å². The summed E-state index contributed by atoms with van der Waals surface area (Å²) in [6, 6.07) is 22.9. The van der Waals surface area contributed by atoms with Gasteiger partial charge in [-0.1, -0.05) is 30.3 Å². The Bertz CT molecular complexity index is 1140. The van der Waals surface area contributed by atoms with Crippen LogP contribution in [0, 0.1) is 0 Å². The number of hydrogen-bond acceptors (Lipinski definition) is 4. The number of methoxy groups -OCH3 is 1. The van der Waals surface area contributed by atoms with Gasteiger partial charge in [0.05, 0.1) is 24.2 Å². The first-order valence-electron chi connectivity index (χ1n) is 10.1. The third-order valence-electron chi connectivity index (χ3n) is 5.34. The zero-order valence-electron chi connectivity index (χ0n) is 17.3. The third kappa shape index (κ3) is 4.41. The predicted molar refractivity (Wildman–Crippen MR) is 121 cm³/mol. The van der Waals surface area contributed by atoms with Crippen LogP contribution in [0.2, 0.25) is 0 Å². The fraction of sp³-hybridized carbons (Fsp3) is 0.208. The van der Waals surface area contributed by atoms with Gasteiger partial charge in [0.15, 0.2) is 0 Å². The molecule has 1 fully saturated rings. The zero-order valence-corrected chi connectivity index (χ0v) is 18.1. The molecular weight excluding hydrogens is 412 g/mol. The van der Waals surface area contributed by atoms with Crippen molar-refractivity contribution >= 4 is 27.3 Å². The SMILES string of the molecule is COc1ccc(N(Cc2ccccc2)S(=O)(=O)c2ccc(N3CCCC3=O)cc2)cc1. The molecule has 3 aromatic rings. The van der Waals surface area contributed by atoms with Gasteiger partial charge < -0.3 is 9.64 Å².